The number of aromatic nitrogens is 1. The number of ketones is 1. The Labute approximate surface area is 175 Å². The average molecular weight is 429 g/mol. The van der Waals surface area contributed by atoms with Crippen LogP contribution in [0.15, 0.2) is 64.7 Å². The van der Waals surface area contributed by atoms with E-state index in [1.54, 1.807) is 61.5 Å². The van der Waals surface area contributed by atoms with Gasteiger partial charge in [0, 0.05) is 21.7 Å². The second-order valence-electron chi connectivity index (χ2n) is 6.52. The van der Waals surface area contributed by atoms with Gasteiger partial charge in [0.15, 0.2) is 5.82 Å². The molecule has 0 spiro atoms. The van der Waals surface area contributed by atoms with Crippen molar-refractivity contribution in [2.75, 3.05) is 4.90 Å². The molecule has 6 nitrogen and oxygen atoms in total. The molecule has 0 radical (unpaired) electrons. The molecular weight excluding hydrogens is 415 g/mol. The van der Waals surface area contributed by atoms with Gasteiger partial charge in [0.1, 0.15) is 11.5 Å². The highest BCUT2D eigenvalue weighted by molar-refractivity contribution is 6.51. The van der Waals surface area contributed by atoms with Gasteiger partial charge in [0.05, 0.1) is 11.6 Å². The highest BCUT2D eigenvalue weighted by Gasteiger charge is 2.48. The molecule has 29 heavy (non-hydrogen) atoms. The lowest BCUT2D eigenvalue weighted by molar-refractivity contribution is -0.132. The SMILES string of the molecule is Cc1cc(N2C(=O)C(=O)/C(=C(/O)c3ccc(Cl)cc3)C2c2ccc(Cl)cc2)no1. The minimum absolute atomic E-state index is 0.0553. The highest BCUT2D eigenvalue weighted by Crippen LogP contribution is 2.42. The zero-order valence-electron chi connectivity index (χ0n) is 15.1. The van der Waals surface area contributed by atoms with E-state index in [1.807, 2.05) is 0 Å². The first kappa shape index (κ1) is 19.2. The number of rotatable bonds is 3. The number of aliphatic hydroxyl groups is 1. The average Bonchev–Trinajstić information content (AvgIpc) is 3.24. The highest BCUT2D eigenvalue weighted by atomic mass is 35.5. The lowest BCUT2D eigenvalue weighted by atomic mass is 9.95. The number of amides is 1. The molecule has 0 aliphatic carbocycles. The predicted molar refractivity (Wildman–Crippen MR) is 109 cm³/mol. The molecule has 2 heterocycles. The van der Waals surface area contributed by atoms with Crippen LogP contribution in [0.4, 0.5) is 5.82 Å². The van der Waals surface area contributed by atoms with Gasteiger partial charge >= 0.3 is 5.91 Å². The molecule has 0 bridgehead atoms. The van der Waals surface area contributed by atoms with Gasteiger partial charge in [-0.15, -0.1) is 0 Å². The third kappa shape index (κ3) is 3.41. The molecule has 1 saturated heterocycles. The first-order valence-electron chi connectivity index (χ1n) is 8.62. The molecule has 0 saturated carbocycles. The predicted octanol–water partition coefficient (Wildman–Crippen LogP) is 4.92. The number of nitrogens with zero attached hydrogens (tertiary/aromatic N) is 2. The summed E-state index contributed by atoms with van der Waals surface area (Å²) in [4.78, 5) is 27.0. The van der Waals surface area contributed by atoms with Crippen molar-refractivity contribution in [2.45, 2.75) is 13.0 Å². The number of hydrogen-bond donors (Lipinski definition) is 1. The van der Waals surface area contributed by atoms with Crippen molar-refractivity contribution in [3.05, 3.63) is 87.1 Å². The number of Topliss-reactive ketones (excluding diaryl/α,β-unsaturated/α-hetero) is 1. The summed E-state index contributed by atoms with van der Waals surface area (Å²) in [7, 11) is 0. The van der Waals surface area contributed by atoms with E-state index in [9.17, 15) is 14.7 Å². The molecule has 4 rings (SSSR count). The van der Waals surface area contributed by atoms with Crippen LogP contribution in [0, 0.1) is 6.92 Å². The lowest BCUT2D eigenvalue weighted by Gasteiger charge is -2.22. The van der Waals surface area contributed by atoms with Crippen LogP contribution in [0.1, 0.15) is 22.9 Å². The Morgan fingerprint density at radius 2 is 1.62 bits per heavy atom. The van der Waals surface area contributed by atoms with E-state index in [0.717, 1.165) is 0 Å². The standard InChI is InChI=1S/C21H14Cl2N2O4/c1-11-10-16(24-29-11)25-18(12-2-6-14(22)7-3-12)17(20(27)21(25)28)19(26)13-4-8-15(23)9-5-13/h2-10,18,26H,1H3/b19-17+. The Hall–Kier alpha value is -3.09. The van der Waals surface area contributed by atoms with Gasteiger partial charge in [-0.05, 0) is 48.9 Å². The molecule has 1 atom stereocenters. The van der Waals surface area contributed by atoms with Gasteiger partial charge < -0.3 is 9.63 Å². The normalized spacial score (nSPS) is 18.4. The molecule has 1 aromatic heterocycles. The van der Waals surface area contributed by atoms with Crippen molar-refractivity contribution in [3.8, 4) is 0 Å². The maximum atomic E-state index is 12.9. The summed E-state index contributed by atoms with van der Waals surface area (Å²) in [5, 5.41) is 15.8. The number of hydrogen-bond acceptors (Lipinski definition) is 5. The number of carbonyl (C=O) groups is 2. The van der Waals surface area contributed by atoms with Gasteiger partial charge in [-0.1, -0.05) is 40.5 Å². The third-order valence-corrected chi connectivity index (χ3v) is 5.11. The summed E-state index contributed by atoms with van der Waals surface area (Å²) < 4.78 is 5.09. The Kier molecular flexibility index (Phi) is 4.90. The maximum Gasteiger partial charge on any atom is 0.301 e. The van der Waals surface area contributed by atoms with Crippen LogP contribution in [-0.4, -0.2) is 22.0 Å². The maximum absolute atomic E-state index is 12.9. The van der Waals surface area contributed by atoms with Gasteiger partial charge in [-0.2, -0.15) is 0 Å². The van der Waals surface area contributed by atoms with E-state index in [2.05, 4.69) is 5.16 Å². The van der Waals surface area contributed by atoms with Crippen LogP contribution in [0.5, 0.6) is 0 Å². The summed E-state index contributed by atoms with van der Waals surface area (Å²) in [6.07, 6.45) is 0. The van der Waals surface area contributed by atoms with Crippen molar-refractivity contribution in [1.82, 2.24) is 5.16 Å². The fraction of sp³-hybridized carbons (Fsp3) is 0.0952. The van der Waals surface area contributed by atoms with E-state index in [-0.39, 0.29) is 17.2 Å². The van der Waals surface area contributed by atoms with Crippen LogP contribution in [0.25, 0.3) is 5.76 Å². The number of aryl methyl sites for hydroxylation is 1. The summed E-state index contributed by atoms with van der Waals surface area (Å²) in [6, 6.07) is 13.6. The van der Waals surface area contributed by atoms with Crippen molar-refractivity contribution in [1.29, 1.82) is 0 Å². The number of carbonyl (C=O) groups excluding carboxylic acids is 2. The van der Waals surface area contributed by atoms with Gasteiger partial charge in [0.2, 0.25) is 0 Å². The van der Waals surface area contributed by atoms with Crippen LogP contribution < -0.4 is 4.90 Å². The molecule has 1 N–H and O–H groups in total. The Morgan fingerprint density at radius 1 is 1.03 bits per heavy atom. The first-order valence-corrected chi connectivity index (χ1v) is 9.38. The van der Waals surface area contributed by atoms with Gasteiger partial charge in [-0.25, -0.2) is 0 Å². The quantitative estimate of drug-likeness (QED) is 0.363. The summed E-state index contributed by atoms with van der Waals surface area (Å²) in [5.41, 5.74) is 0.896. The molecule has 1 amide bonds. The van der Waals surface area contributed by atoms with Crippen LogP contribution in [-0.2, 0) is 9.59 Å². The lowest BCUT2D eigenvalue weighted by Crippen LogP contribution is -2.29. The summed E-state index contributed by atoms with van der Waals surface area (Å²) in [6.45, 7) is 1.68. The Bertz CT molecular complexity index is 1130. The Balaban J connectivity index is 1.93. The molecule has 1 aliphatic rings. The van der Waals surface area contributed by atoms with Gasteiger partial charge in [0.25, 0.3) is 5.78 Å². The van der Waals surface area contributed by atoms with E-state index in [4.69, 9.17) is 27.7 Å². The second kappa shape index (κ2) is 7.39. The third-order valence-electron chi connectivity index (χ3n) is 4.61. The largest absolute Gasteiger partial charge is 0.507 e. The summed E-state index contributed by atoms with van der Waals surface area (Å²) >= 11 is 11.9. The zero-order chi connectivity index (χ0) is 20.7. The molecule has 3 aromatic rings. The number of halogens is 2. The van der Waals surface area contributed by atoms with Gasteiger partial charge in [-0.3, -0.25) is 14.5 Å². The molecule has 146 valence electrons. The second-order valence-corrected chi connectivity index (χ2v) is 7.40. The fourth-order valence-corrected chi connectivity index (χ4v) is 3.51. The number of aliphatic hydroxyl groups excluding tert-OH is 1. The monoisotopic (exact) mass is 428 g/mol. The van der Waals surface area contributed by atoms with Crippen LogP contribution in [0.2, 0.25) is 10.0 Å². The topological polar surface area (TPSA) is 83.6 Å². The zero-order valence-corrected chi connectivity index (χ0v) is 16.6. The van der Waals surface area contributed by atoms with E-state index in [0.29, 0.717) is 26.9 Å². The first-order chi connectivity index (χ1) is 13.9. The van der Waals surface area contributed by atoms with Crippen LogP contribution >= 0.6 is 23.2 Å². The van der Waals surface area contributed by atoms with Crippen molar-refractivity contribution in [2.24, 2.45) is 0 Å². The molecule has 8 heteroatoms. The summed E-state index contributed by atoms with van der Waals surface area (Å²) in [5.74, 6) is -1.27. The molecule has 1 fully saturated rings. The number of anilines is 1. The molecule has 1 aliphatic heterocycles. The molecule has 1 unspecified atom stereocenters. The molecular formula is C21H14Cl2N2O4. The fourth-order valence-electron chi connectivity index (χ4n) is 3.26. The van der Waals surface area contributed by atoms with E-state index in [1.165, 1.54) is 4.90 Å². The van der Waals surface area contributed by atoms with E-state index >= 15 is 0 Å². The minimum Gasteiger partial charge on any atom is -0.507 e. The van der Waals surface area contributed by atoms with E-state index < -0.39 is 17.7 Å². The van der Waals surface area contributed by atoms with Crippen molar-refractivity contribution in [3.63, 3.8) is 0 Å². The van der Waals surface area contributed by atoms with Crippen molar-refractivity contribution >= 4 is 46.5 Å². The van der Waals surface area contributed by atoms with Crippen molar-refractivity contribution < 1.29 is 19.2 Å². The minimum atomic E-state index is -0.896. The Morgan fingerprint density at radius 3 is 2.17 bits per heavy atom. The van der Waals surface area contributed by atoms with Crippen LogP contribution in [0.3, 0.4) is 0 Å². The number of benzene rings is 2. The smallest absolute Gasteiger partial charge is 0.301 e. The molecule has 2 aromatic carbocycles.